The Labute approximate surface area is 139 Å². The number of halogens is 2. The summed E-state index contributed by atoms with van der Waals surface area (Å²) in [7, 11) is 0. The SMILES string of the molecule is ClCCC=CCCCOCOCOCCCC=CCCCl. The van der Waals surface area contributed by atoms with Gasteiger partial charge >= 0.3 is 0 Å². The highest BCUT2D eigenvalue weighted by atomic mass is 35.5. The van der Waals surface area contributed by atoms with Crippen molar-refractivity contribution < 1.29 is 14.2 Å². The van der Waals surface area contributed by atoms with Crippen LogP contribution in [0.3, 0.4) is 0 Å². The molecule has 0 aromatic rings. The summed E-state index contributed by atoms with van der Waals surface area (Å²) in [4.78, 5) is 0. The first kappa shape index (κ1) is 20.9. The summed E-state index contributed by atoms with van der Waals surface area (Å²) < 4.78 is 15.9. The van der Waals surface area contributed by atoms with Crippen molar-refractivity contribution >= 4 is 23.2 Å². The van der Waals surface area contributed by atoms with Gasteiger partial charge in [-0.15, -0.1) is 23.2 Å². The van der Waals surface area contributed by atoms with Gasteiger partial charge in [-0.2, -0.15) is 0 Å². The van der Waals surface area contributed by atoms with Gasteiger partial charge in [0, 0.05) is 25.0 Å². The first-order valence-corrected chi connectivity index (χ1v) is 8.64. The number of rotatable bonds is 16. The van der Waals surface area contributed by atoms with Crippen molar-refractivity contribution in [3.8, 4) is 0 Å². The number of allylic oxidation sites excluding steroid dienone is 4. The molecular formula is C16H28Cl2O3. The number of alkyl halides is 2. The van der Waals surface area contributed by atoms with E-state index in [1.807, 2.05) is 0 Å². The van der Waals surface area contributed by atoms with Crippen LogP contribution in [-0.4, -0.2) is 38.6 Å². The third kappa shape index (κ3) is 19.9. The summed E-state index contributed by atoms with van der Waals surface area (Å²) in [5.74, 6) is 1.37. The lowest BCUT2D eigenvalue weighted by Gasteiger charge is -2.06. The van der Waals surface area contributed by atoms with E-state index in [4.69, 9.17) is 37.4 Å². The highest BCUT2D eigenvalue weighted by molar-refractivity contribution is 6.18. The van der Waals surface area contributed by atoms with Gasteiger partial charge in [-0.25, -0.2) is 0 Å². The maximum atomic E-state index is 5.56. The summed E-state index contributed by atoms with van der Waals surface area (Å²) in [6.07, 6.45) is 14.4. The lowest BCUT2D eigenvalue weighted by atomic mass is 10.3. The van der Waals surface area contributed by atoms with Gasteiger partial charge in [0.15, 0.2) is 0 Å². The zero-order chi connectivity index (χ0) is 15.4. The van der Waals surface area contributed by atoms with Crippen molar-refractivity contribution in [2.45, 2.75) is 38.5 Å². The molecule has 0 N–H and O–H groups in total. The summed E-state index contributed by atoms with van der Waals surface area (Å²) >= 11 is 11.1. The molecule has 21 heavy (non-hydrogen) atoms. The van der Waals surface area contributed by atoms with Crippen LogP contribution in [-0.2, 0) is 14.2 Å². The standard InChI is InChI=1S/C16H28Cl2O3/c17-11-7-3-1-5-9-13-19-15-21-16-20-14-10-6-2-4-8-12-18/h1-4H,5-16H2. The Morgan fingerprint density at radius 3 is 1.43 bits per heavy atom. The molecule has 124 valence electrons. The van der Waals surface area contributed by atoms with Crippen LogP contribution in [0.1, 0.15) is 38.5 Å². The average Bonchev–Trinajstić information content (AvgIpc) is 2.50. The summed E-state index contributed by atoms with van der Waals surface area (Å²) in [6.45, 7) is 2.00. The summed E-state index contributed by atoms with van der Waals surface area (Å²) in [5, 5.41) is 0. The van der Waals surface area contributed by atoms with E-state index in [0.29, 0.717) is 38.6 Å². The number of ether oxygens (including phenoxy) is 3. The minimum Gasteiger partial charge on any atom is -0.355 e. The van der Waals surface area contributed by atoms with Crippen LogP contribution in [0.25, 0.3) is 0 Å². The largest absolute Gasteiger partial charge is 0.355 e. The van der Waals surface area contributed by atoms with Gasteiger partial charge in [0.2, 0.25) is 0 Å². The molecule has 0 fully saturated rings. The van der Waals surface area contributed by atoms with Gasteiger partial charge in [-0.3, -0.25) is 0 Å². The fourth-order valence-corrected chi connectivity index (χ4v) is 1.73. The van der Waals surface area contributed by atoms with Crippen LogP contribution in [0.15, 0.2) is 24.3 Å². The quantitative estimate of drug-likeness (QED) is 0.174. The fourth-order valence-electron chi connectivity index (χ4n) is 1.47. The van der Waals surface area contributed by atoms with Crippen molar-refractivity contribution in [2.75, 3.05) is 38.6 Å². The third-order valence-corrected chi connectivity index (χ3v) is 2.97. The van der Waals surface area contributed by atoms with Gasteiger partial charge < -0.3 is 14.2 Å². The second kappa shape index (κ2) is 19.9. The first-order valence-electron chi connectivity index (χ1n) is 7.57. The normalized spacial score (nSPS) is 11.9. The predicted molar refractivity (Wildman–Crippen MR) is 90.1 cm³/mol. The molecule has 0 aliphatic rings. The van der Waals surface area contributed by atoms with Gasteiger partial charge in [-0.1, -0.05) is 24.3 Å². The number of unbranched alkanes of at least 4 members (excludes halogenated alkanes) is 2. The minimum atomic E-state index is 0.293. The minimum absolute atomic E-state index is 0.293. The van der Waals surface area contributed by atoms with E-state index in [2.05, 4.69) is 24.3 Å². The Kier molecular flexibility index (Phi) is 19.9. The molecule has 0 spiro atoms. The third-order valence-electron chi connectivity index (χ3n) is 2.54. The van der Waals surface area contributed by atoms with E-state index in [1.165, 1.54) is 0 Å². The Bertz CT molecular complexity index is 222. The summed E-state index contributed by atoms with van der Waals surface area (Å²) in [5.41, 5.74) is 0. The van der Waals surface area contributed by atoms with Gasteiger partial charge in [0.1, 0.15) is 13.6 Å². The summed E-state index contributed by atoms with van der Waals surface area (Å²) in [6, 6.07) is 0. The zero-order valence-corrected chi connectivity index (χ0v) is 14.3. The molecular weight excluding hydrogens is 311 g/mol. The fraction of sp³-hybridized carbons (Fsp3) is 0.750. The Morgan fingerprint density at radius 2 is 1.00 bits per heavy atom. The van der Waals surface area contributed by atoms with Crippen LogP contribution in [0.2, 0.25) is 0 Å². The average molecular weight is 339 g/mol. The van der Waals surface area contributed by atoms with Crippen molar-refractivity contribution in [3.05, 3.63) is 24.3 Å². The monoisotopic (exact) mass is 338 g/mol. The van der Waals surface area contributed by atoms with Crippen molar-refractivity contribution in [1.29, 1.82) is 0 Å². The van der Waals surface area contributed by atoms with E-state index in [-0.39, 0.29) is 0 Å². The predicted octanol–water partition coefficient (Wildman–Crippen LogP) is 4.88. The van der Waals surface area contributed by atoms with E-state index in [9.17, 15) is 0 Å². The maximum Gasteiger partial charge on any atom is 0.149 e. The molecule has 0 aliphatic heterocycles. The van der Waals surface area contributed by atoms with Crippen molar-refractivity contribution in [1.82, 2.24) is 0 Å². The van der Waals surface area contributed by atoms with Crippen molar-refractivity contribution in [2.24, 2.45) is 0 Å². The van der Waals surface area contributed by atoms with Crippen LogP contribution in [0, 0.1) is 0 Å². The highest BCUT2D eigenvalue weighted by Gasteiger charge is 1.90. The number of hydrogen-bond acceptors (Lipinski definition) is 3. The van der Waals surface area contributed by atoms with Crippen LogP contribution >= 0.6 is 23.2 Å². The van der Waals surface area contributed by atoms with E-state index < -0.39 is 0 Å². The molecule has 0 unspecified atom stereocenters. The molecule has 3 nitrogen and oxygen atoms in total. The van der Waals surface area contributed by atoms with Crippen molar-refractivity contribution in [3.63, 3.8) is 0 Å². The number of hydrogen-bond donors (Lipinski definition) is 0. The van der Waals surface area contributed by atoms with E-state index in [0.717, 1.165) is 38.5 Å². The first-order chi connectivity index (χ1) is 10.4. The van der Waals surface area contributed by atoms with Crippen LogP contribution in [0.5, 0.6) is 0 Å². The Balaban J connectivity index is 3.02. The van der Waals surface area contributed by atoms with Gasteiger partial charge in [-0.05, 0) is 38.5 Å². The molecule has 0 heterocycles. The van der Waals surface area contributed by atoms with E-state index in [1.54, 1.807) is 0 Å². The molecule has 0 aliphatic carbocycles. The van der Waals surface area contributed by atoms with Gasteiger partial charge in [0.25, 0.3) is 0 Å². The molecule has 0 atom stereocenters. The van der Waals surface area contributed by atoms with Crippen LogP contribution < -0.4 is 0 Å². The second-order valence-electron chi connectivity index (χ2n) is 4.44. The Morgan fingerprint density at radius 1 is 0.571 bits per heavy atom. The molecule has 0 rings (SSSR count). The Hall–Kier alpha value is -0.0600. The molecule has 0 radical (unpaired) electrons. The smallest absolute Gasteiger partial charge is 0.149 e. The molecule has 0 aromatic carbocycles. The topological polar surface area (TPSA) is 27.7 Å². The lowest BCUT2D eigenvalue weighted by molar-refractivity contribution is -0.131. The molecule has 5 heteroatoms. The van der Waals surface area contributed by atoms with E-state index >= 15 is 0 Å². The zero-order valence-electron chi connectivity index (χ0n) is 12.8. The van der Waals surface area contributed by atoms with Gasteiger partial charge in [0.05, 0.1) is 0 Å². The molecule has 0 aromatic heterocycles. The van der Waals surface area contributed by atoms with Crippen LogP contribution in [0.4, 0.5) is 0 Å². The highest BCUT2D eigenvalue weighted by Crippen LogP contribution is 1.96. The molecule has 0 saturated carbocycles. The molecule has 0 saturated heterocycles. The molecule has 0 amide bonds. The second-order valence-corrected chi connectivity index (χ2v) is 5.19. The molecule has 0 bridgehead atoms. The maximum absolute atomic E-state index is 5.56. The lowest BCUT2D eigenvalue weighted by Crippen LogP contribution is -2.06.